The molecule has 0 amide bonds. The number of ether oxygens (including phenoxy) is 1. The molecule has 0 atom stereocenters. The number of benzene rings is 3. The number of fused-ring (bicyclic) bond motifs is 5. The molecule has 0 N–H and O–H groups in total. The lowest BCUT2D eigenvalue weighted by molar-refractivity contribution is -0.384. The Kier molecular flexibility index (Phi) is 4.86. The minimum absolute atomic E-state index is 0.101. The van der Waals surface area contributed by atoms with Crippen molar-refractivity contribution in [1.82, 2.24) is 4.40 Å². The summed E-state index contributed by atoms with van der Waals surface area (Å²) in [7, 11) is 0. The number of nitrogens with zero attached hydrogens (tertiary/aromatic N) is 2. The van der Waals surface area contributed by atoms with Crippen molar-refractivity contribution >= 4 is 44.6 Å². The van der Waals surface area contributed by atoms with E-state index in [0.29, 0.717) is 5.52 Å². The van der Waals surface area contributed by atoms with Crippen LogP contribution in [0, 0.1) is 10.1 Å². The van der Waals surface area contributed by atoms with Crippen molar-refractivity contribution < 1.29 is 19.2 Å². The van der Waals surface area contributed by atoms with Crippen molar-refractivity contribution in [3.8, 4) is 0 Å². The number of aromatic nitrogens is 1. The number of nitro benzene ring substituents is 1. The highest BCUT2D eigenvalue weighted by Gasteiger charge is 2.23. The van der Waals surface area contributed by atoms with Crippen LogP contribution in [0.15, 0.2) is 78.9 Å². The highest BCUT2D eigenvalue weighted by Crippen LogP contribution is 2.31. The van der Waals surface area contributed by atoms with Crippen LogP contribution in [0.1, 0.15) is 33.3 Å². The summed E-state index contributed by atoms with van der Waals surface area (Å²) in [6.45, 7) is 1.93. The van der Waals surface area contributed by atoms with Crippen molar-refractivity contribution in [3.05, 3.63) is 106 Å². The maximum Gasteiger partial charge on any atom is 0.340 e. The molecule has 0 spiro atoms. The Labute approximate surface area is 188 Å². The maximum absolute atomic E-state index is 13.5. The Morgan fingerprint density at radius 3 is 2.36 bits per heavy atom. The number of carbonyl (C=O) groups excluding carboxylic acids is 2. The third-order valence-corrected chi connectivity index (χ3v) is 5.70. The molecule has 0 saturated carbocycles. The average Bonchev–Trinajstić information content (AvgIpc) is 3.24. The standard InChI is InChI=1S/C26H18N2O5/c1-2-33-26(30)21-15-24(25(29)17-7-10-18(11-8-17)28(31)32)27-22-13-9-16-5-3-4-6-19(16)20(22)12-14-23(21)27/h3-15H,2H2,1H3. The molecule has 2 aromatic heterocycles. The van der Waals surface area contributed by atoms with Crippen molar-refractivity contribution in [2.45, 2.75) is 6.92 Å². The predicted octanol–water partition coefficient (Wildman–Crippen LogP) is 5.56. The minimum atomic E-state index is -0.516. The topological polar surface area (TPSA) is 90.9 Å². The van der Waals surface area contributed by atoms with Crippen LogP contribution >= 0.6 is 0 Å². The molecule has 3 aromatic carbocycles. The number of pyridine rings is 1. The minimum Gasteiger partial charge on any atom is -0.462 e. The Morgan fingerprint density at radius 1 is 0.909 bits per heavy atom. The maximum atomic E-state index is 13.5. The van der Waals surface area contributed by atoms with Gasteiger partial charge in [-0.05, 0) is 48.0 Å². The Morgan fingerprint density at radius 2 is 1.64 bits per heavy atom. The van der Waals surface area contributed by atoms with Crippen LogP contribution in [0.5, 0.6) is 0 Å². The number of hydrogen-bond donors (Lipinski definition) is 0. The zero-order chi connectivity index (χ0) is 23.1. The fourth-order valence-corrected chi connectivity index (χ4v) is 4.19. The average molecular weight is 438 g/mol. The van der Waals surface area contributed by atoms with Gasteiger partial charge in [0.05, 0.1) is 33.8 Å². The molecule has 162 valence electrons. The highest BCUT2D eigenvalue weighted by atomic mass is 16.6. The van der Waals surface area contributed by atoms with Gasteiger partial charge in [0.15, 0.2) is 0 Å². The molecular weight excluding hydrogens is 420 g/mol. The van der Waals surface area contributed by atoms with E-state index in [1.54, 1.807) is 11.3 Å². The first-order valence-electron chi connectivity index (χ1n) is 10.4. The molecule has 0 saturated heterocycles. The summed E-state index contributed by atoms with van der Waals surface area (Å²) in [6.07, 6.45) is 0. The van der Waals surface area contributed by atoms with E-state index in [1.807, 2.05) is 48.5 Å². The lowest BCUT2D eigenvalue weighted by atomic mass is 10.0. The van der Waals surface area contributed by atoms with Gasteiger partial charge in [0.1, 0.15) is 0 Å². The lowest BCUT2D eigenvalue weighted by Crippen LogP contribution is -2.06. The molecule has 0 fully saturated rings. The number of esters is 1. The monoisotopic (exact) mass is 438 g/mol. The number of hydrogen-bond acceptors (Lipinski definition) is 5. The van der Waals surface area contributed by atoms with Crippen LogP contribution in [0.3, 0.4) is 0 Å². The zero-order valence-electron chi connectivity index (χ0n) is 17.6. The molecular formula is C26H18N2O5. The molecule has 0 aliphatic heterocycles. The molecule has 0 aliphatic rings. The molecule has 7 nitrogen and oxygen atoms in total. The van der Waals surface area contributed by atoms with Crippen LogP contribution < -0.4 is 0 Å². The number of nitro groups is 1. The fourth-order valence-electron chi connectivity index (χ4n) is 4.19. The summed E-state index contributed by atoms with van der Waals surface area (Å²) >= 11 is 0. The van der Waals surface area contributed by atoms with Crippen LogP contribution in [0.25, 0.3) is 27.2 Å². The van der Waals surface area contributed by atoms with Gasteiger partial charge in [0.25, 0.3) is 5.69 Å². The van der Waals surface area contributed by atoms with Gasteiger partial charge < -0.3 is 9.14 Å². The summed E-state index contributed by atoms with van der Waals surface area (Å²) in [5.74, 6) is -0.867. The highest BCUT2D eigenvalue weighted by molar-refractivity contribution is 6.14. The van der Waals surface area contributed by atoms with E-state index in [-0.39, 0.29) is 34.9 Å². The first kappa shape index (κ1) is 20.4. The fraction of sp³-hybridized carbons (Fsp3) is 0.0769. The first-order chi connectivity index (χ1) is 16.0. The third kappa shape index (κ3) is 3.30. The lowest BCUT2D eigenvalue weighted by Gasteiger charge is -2.10. The Hall–Kier alpha value is -4.52. The van der Waals surface area contributed by atoms with Gasteiger partial charge in [-0.3, -0.25) is 14.9 Å². The van der Waals surface area contributed by atoms with Crippen molar-refractivity contribution in [1.29, 1.82) is 0 Å². The molecule has 0 unspecified atom stereocenters. The molecule has 5 aromatic rings. The third-order valence-electron chi connectivity index (χ3n) is 5.70. The van der Waals surface area contributed by atoms with Gasteiger partial charge >= 0.3 is 5.97 Å². The van der Waals surface area contributed by atoms with Crippen molar-refractivity contribution in [3.63, 3.8) is 0 Å². The second-order valence-corrected chi connectivity index (χ2v) is 7.57. The van der Waals surface area contributed by atoms with E-state index in [1.165, 1.54) is 30.3 Å². The summed E-state index contributed by atoms with van der Waals surface area (Å²) in [5, 5.41) is 14.0. The second-order valence-electron chi connectivity index (χ2n) is 7.57. The summed E-state index contributed by atoms with van der Waals surface area (Å²) in [6, 6.07) is 22.6. The molecule has 0 aliphatic carbocycles. The van der Waals surface area contributed by atoms with Crippen molar-refractivity contribution in [2.24, 2.45) is 0 Å². The van der Waals surface area contributed by atoms with Gasteiger partial charge in [-0.15, -0.1) is 0 Å². The number of non-ortho nitro benzene ring substituents is 1. The van der Waals surface area contributed by atoms with Gasteiger partial charge in [-0.25, -0.2) is 4.79 Å². The number of rotatable bonds is 5. The quantitative estimate of drug-likeness (QED) is 0.118. The van der Waals surface area contributed by atoms with Crippen LogP contribution in [-0.4, -0.2) is 27.7 Å². The van der Waals surface area contributed by atoms with E-state index in [2.05, 4.69) is 0 Å². The van der Waals surface area contributed by atoms with Crippen LogP contribution in [0.4, 0.5) is 5.69 Å². The first-order valence-corrected chi connectivity index (χ1v) is 10.4. The summed E-state index contributed by atoms with van der Waals surface area (Å²) in [5.41, 5.74) is 2.08. The Balaban J connectivity index is 1.79. The van der Waals surface area contributed by atoms with Crippen LogP contribution in [0.2, 0.25) is 0 Å². The molecule has 7 heteroatoms. The van der Waals surface area contributed by atoms with Gasteiger partial charge in [-0.2, -0.15) is 0 Å². The zero-order valence-corrected chi connectivity index (χ0v) is 17.6. The molecule has 5 rings (SSSR count). The molecule has 2 heterocycles. The smallest absolute Gasteiger partial charge is 0.340 e. The normalized spacial score (nSPS) is 11.2. The summed E-state index contributed by atoms with van der Waals surface area (Å²) in [4.78, 5) is 36.6. The number of carbonyl (C=O) groups is 2. The summed E-state index contributed by atoms with van der Waals surface area (Å²) < 4.78 is 6.98. The van der Waals surface area contributed by atoms with Crippen molar-refractivity contribution in [2.75, 3.05) is 6.61 Å². The van der Waals surface area contributed by atoms with Gasteiger partial charge in [-0.1, -0.05) is 36.4 Å². The van der Waals surface area contributed by atoms with E-state index in [0.717, 1.165) is 21.7 Å². The SMILES string of the molecule is CCOC(=O)c1cc(C(=O)c2ccc([N+](=O)[O-])cc2)n2c1ccc1c3ccccc3ccc12. The Bertz CT molecular complexity index is 1580. The van der Waals surface area contributed by atoms with E-state index >= 15 is 0 Å². The van der Waals surface area contributed by atoms with Crippen LogP contribution in [-0.2, 0) is 4.74 Å². The van der Waals surface area contributed by atoms with E-state index in [9.17, 15) is 19.7 Å². The molecule has 0 radical (unpaired) electrons. The van der Waals surface area contributed by atoms with Gasteiger partial charge in [0.2, 0.25) is 5.78 Å². The second kappa shape index (κ2) is 7.87. The number of ketones is 1. The van der Waals surface area contributed by atoms with E-state index in [4.69, 9.17) is 4.74 Å². The van der Waals surface area contributed by atoms with Gasteiger partial charge in [0, 0.05) is 23.1 Å². The largest absolute Gasteiger partial charge is 0.462 e. The van der Waals surface area contributed by atoms with E-state index < -0.39 is 10.9 Å². The molecule has 0 bridgehead atoms. The molecule has 33 heavy (non-hydrogen) atoms. The predicted molar refractivity (Wildman–Crippen MR) is 125 cm³/mol.